The third-order valence-electron chi connectivity index (χ3n) is 4.23. The van der Waals surface area contributed by atoms with Gasteiger partial charge in [-0.1, -0.05) is 36.4 Å². The lowest BCUT2D eigenvalue weighted by Gasteiger charge is -2.11. The number of fused-ring (bicyclic) bond motifs is 1. The van der Waals surface area contributed by atoms with Crippen molar-refractivity contribution in [3.05, 3.63) is 84.4 Å². The van der Waals surface area contributed by atoms with Crippen LogP contribution < -0.4 is 15.4 Å². The zero-order valence-corrected chi connectivity index (χ0v) is 13.6. The van der Waals surface area contributed by atoms with Crippen molar-refractivity contribution in [2.75, 3.05) is 17.2 Å². The van der Waals surface area contributed by atoms with Gasteiger partial charge in [-0.2, -0.15) is 0 Å². The van der Waals surface area contributed by atoms with Gasteiger partial charge in [-0.05, 0) is 42.5 Å². The molecule has 3 aromatic rings. The Morgan fingerprint density at radius 2 is 1.44 bits per heavy atom. The van der Waals surface area contributed by atoms with E-state index in [-0.39, 0.29) is 11.8 Å². The molecule has 1 aliphatic heterocycles. The minimum absolute atomic E-state index is 0.0475. The zero-order valence-electron chi connectivity index (χ0n) is 13.6. The number of para-hydroxylation sites is 2. The lowest BCUT2D eigenvalue weighted by Crippen LogP contribution is -2.22. The molecule has 4 rings (SSSR count). The molecule has 124 valence electrons. The fraction of sp³-hybridized carbons (Fsp3) is 0.0952. The molecular formula is C21H18N2O2. The lowest BCUT2D eigenvalue weighted by atomic mass is 10.0. The Morgan fingerprint density at radius 3 is 2.24 bits per heavy atom. The van der Waals surface area contributed by atoms with Gasteiger partial charge < -0.3 is 15.4 Å². The zero-order chi connectivity index (χ0) is 17.1. The highest BCUT2D eigenvalue weighted by Crippen LogP contribution is 2.34. The van der Waals surface area contributed by atoms with E-state index in [1.165, 1.54) is 0 Å². The van der Waals surface area contributed by atoms with E-state index < -0.39 is 0 Å². The van der Waals surface area contributed by atoms with E-state index in [1.54, 1.807) is 0 Å². The summed E-state index contributed by atoms with van der Waals surface area (Å²) in [6, 6.07) is 25.3. The maximum Gasteiger partial charge on any atom is 0.235 e. The molecule has 0 aliphatic carbocycles. The van der Waals surface area contributed by atoms with Crippen LogP contribution in [-0.2, 0) is 4.79 Å². The first-order valence-corrected chi connectivity index (χ1v) is 8.24. The van der Waals surface area contributed by atoms with Crippen LogP contribution in [0.25, 0.3) is 0 Å². The number of hydrogen-bond donors (Lipinski definition) is 2. The van der Waals surface area contributed by atoms with Gasteiger partial charge in [-0.25, -0.2) is 0 Å². The first-order chi connectivity index (χ1) is 12.3. The SMILES string of the molecule is O=C(Nc1ccc(Nc2ccccc2)cc1)[C@H]1COc2ccccc21. The summed E-state index contributed by atoms with van der Waals surface area (Å²) in [4.78, 5) is 12.5. The van der Waals surface area contributed by atoms with Crippen molar-refractivity contribution in [1.82, 2.24) is 0 Å². The number of nitrogens with one attached hydrogen (secondary N) is 2. The molecule has 0 saturated heterocycles. The summed E-state index contributed by atoms with van der Waals surface area (Å²) in [6.07, 6.45) is 0. The molecule has 1 heterocycles. The first-order valence-electron chi connectivity index (χ1n) is 8.24. The molecule has 0 radical (unpaired) electrons. The van der Waals surface area contributed by atoms with Gasteiger partial charge >= 0.3 is 0 Å². The predicted octanol–water partition coefficient (Wildman–Crippen LogP) is 4.54. The van der Waals surface area contributed by atoms with E-state index in [1.807, 2.05) is 78.9 Å². The number of amides is 1. The summed E-state index contributed by atoms with van der Waals surface area (Å²) in [7, 11) is 0. The van der Waals surface area contributed by atoms with Gasteiger partial charge in [-0.15, -0.1) is 0 Å². The van der Waals surface area contributed by atoms with E-state index >= 15 is 0 Å². The molecule has 0 aromatic heterocycles. The van der Waals surface area contributed by atoms with Gasteiger partial charge in [0.2, 0.25) is 5.91 Å². The topological polar surface area (TPSA) is 50.4 Å². The van der Waals surface area contributed by atoms with Gasteiger partial charge in [0.25, 0.3) is 0 Å². The number of hydrogen-bond acceptors (Lipinski definition) is 3. The van der Waals surface area contributed by atoms with E-state index in [9.17, 15) is 4.79 Å². The first kappa shape index (κ1) is 15.3. The van der Waals surface area contributed by atoms with Gasteiger partial charge in [0, 0.05) is 22.6 Å². The van der Waals surface area contributed by atoms with Crippen LogP contribution in [0.15, 0.2) is 78.9 Å². The fourth-order valence-corrected chi connectivity index (χ4v) is 2.93. The molecule has 0 spiro atoms. The van der Waals surface area contributed by atoms with Crippen LogP contribution in [0.3, 0.4) is 0 Å². The number of carbonyl (C=O) groups excluding carboxylic acids is 1. The van der Waals surface area contributed by atoms with Crippen molar-refractivity contribution in [2.24, 2.45) is 0 Å². The van der Waals surface area contributed by atoms with Crippen LogP contribution in [0.2, 0.25) is 0 Å². The molecule has 2 N–H and O–H groups in total. The second-order valence-corrected chi connectivity index (χ2v) is 5.96. The molecule has 4 heteroatoms. The highest BCUT2D eigenvalue weighted by Gasteiger charge is 2.29. The Balaban J connectivity index is 1.42. The molecule has 3 aromatic carbocycles. The van der Waals surface area contributed by atoms with Crippen molar-refractivity contribution in [3.63, 3.8) is 0 Å². The third kappa shape index (κ3) is 3.33. The van der Waals surface area contributed by atoms with Crippen molar-refractivity contribution in [1.29, 1.82) is 0 Å². The van der Waals surface area contributed by atoms with Crippen LogP contribution in [0.4, 0.5) is 17.1 Å². The van der Waals surface area contributed by atoms with Gasteiger partial charge in [-0.3, -0.25) is 4.79 Å². The number of carbonyl (C=O) groups is 1. The summed E-state index contributed by atoms with van der Waals surface area (Å²) >= 11 is 0. The smallest absolute Gasteiger partial charge is 0.235 e. The summed E-state index contributed by atoms with van der Waals surface area (Å²) in [5.74, 6) is 0.483. The second kappa shape index (κ2) is 6.69. The molecule has 0 fully saturated rings. The normalized spacial score (nSPS) is 15.1. The molecule has 0 saturated carbocycles. The average molecular weight is 330 g/mol. The summed E-state index contributed by atoms with van der Waals surface area (Å²) in [5, 5.41) is 6.29. The second-order valence-electron chi connectivity index (χ2n) is 5.96. The largest absolute Gasteiger partial charge is 0.492 e. The number of ether oxygens (including phenoxy) is 1. The highest BCUT2D eigenvalue weighted by atomic mass is 16.5. The summed E-state index contributed by atoms with van der Waals surface area (Å²) in [6.45, 7) is 0.388. The van der Waals surface area contributed by atoms with Crippen molar-refractivity contribution in [2.45, 2.75) is 5.92 Å². The Hall–Kier alpha value is -3.27. The number of rotatable bonds is 4. The number of benzene rings is 3. The van der Waals surface area contributed by atoms with Crippen LogP contribution >= 0.6 is 0 Å². The molecule has 1 atom stereocenters. The number of anilines is 3. The van der Waals surface area contributed by atoms with Crippen LogP contribution in [0.5, 0.6) is 5.75 Å². The molecule has 1 aliphatic rings. The Labute approximate surface area is 146 Å². The van der Waals surface area contributed by atoms with Gasteiger partial charge in [0.1, 0.15) is 18.3 Å². The maximum atomic E-state index is 12.5. The monoisotopic (exact) mass is 330 g/mol. The van der Waals surface area contributed by atoms with Gasteiger partial charge in [0.05, 0.1) is 0 Å². The van der Waals surface area contributed by atoms with Crippen molar-refractivity contribution >= 4 is 23.0 Å². The lowest BCUT2D eigenvalue weighted by molar-refractivity contribution is -0.117. The predicted molar refractivity (Wildman–Crippen MR) is 99.5 cm³/mol. The molecular weight excluding hydrogens is 312 g/mol. The van der Waals surface area contributed by atoms with E-state index in [4.69, 9.17) is 4.74 Å². The van der Waals surface area contributed by atoms with Crippen LogP contribution in [-0.4, -0.2) is 12.5 Å². The Morgan fingerprint density at radius 1 is 0.800 bits per heavy atom. The molecule has 25 heavy (non-hydrogen) atoms. The quantitative estimate of drug-likeness (QED) is 0.738. The third-order valence-corrected chi connectivity index (χ3v) is 4.23. The van der Waals surface area contributed by atoms with Crippen molar-refractivity contribution < 1.29 is 9.53 Å². The van der Waals surface area contributed by atoms with E-state index in [0.717, 1.165) is 28.4 Å². The highest BCUT2D eigenvalue weighted by molar-refractivity contribution is 5.97. The van der Waals surface area contributed by atoms with E-state index in [2.05, 4.69) is 10.6 Å². The van der Waals surface area contributed by atoms with Crippen LogP contribution in [0.1, 0.15) is 11.5 Å². The average Bonchev–Trinajstić information content (AvgIpc) is 3.08. The summed E-state index contributed by atoms with van der Waals surface area (Å²) in [5.41, 5.74) is 3.72. The van der Waals surface area contributed by atoms with Crippen LogP contribution in [0, 0.1) is 0 Å². The fourth-order valence-electron chi connectivity index (χ4n) is 2.93. The Kier molecular flexibility index (Phi) is 4.09. The molecule has 4 nitrogen and oxygen atoms in total. The standard InChI is InChI=1S/C21H18N2O2/c24-21(19-14-25-20-9-5-4-8-18(19)20)23-17-12-10-16(11-13-17)22-15-6-2-1-3-7-15/h1-13,19,22H,14H2,(H,23,24)/t19-/m0/s1. The van der Waals surface area contributed by atoms with Crippen molar-refractivity contribution in [3.8, 4) is 5.75 Å². The Bertz CT molecular complexity index is 876. The maximum absolute atomic E-state index is 12.5. The molecule has 0 unspecified atom stereocenters. The molecule has 1 amide bonds. The van der Waals surface area contributed by atoms with Gasteiger partial charge in [0.15, 0.2) is 0 Å². The minimum atomic E-state index is -0.265. The summed E-state index contributed by atoms with van der Waals surface area (Å²) < 4.78 is 5.58. The minimum Gasteiger partial charge on any atom is -0.492 e. The molecule has 0 bridgehead atoms. The van der Waals surface area contributed by atoms with E-state index in [0.29, 0.717) is 6.61 Å².